The highest BCUT2D eigenvalue weighted by molar-refractivity contribution is 6.10. The third kappa shape index (κ3) is 2.37. The standard InChI is InChI=1S/C13H9F2NO3/c1-6-2-8(10(15)4-9(6)14)12(17)7-3-11(13(18)19)16-5-7/h2-5,16H,1H3,(H,18,19). The average molecular weight is 265 g/mol. The third-order valence-corrected chi connectivity index (χ3v) is 2.67. The number of ketones is 1. The molecule has 2 rings (SSSR count). The Morgan fingerprint density at radius 3 is 2.42 bits per heavy atom. The number of nitrogens with one attached hydrogen (secondary N) is 1. The number of hydrogen-bond donors (Lipinski definition) is 2. The molecule has 19 heavy (non-hydrogen) atoms. The Morgan fingerprint density at radius 1 is 1.16 bits per heavy atom. The number of aromatic carboxylic acids is 1. The van der Waals surface area contributed by atoms with Gasteiger partial charge in [0.05, 0.1) is 5.56 Å². The van der Waals surface area contributed by atoms with Crippen LogP contribution in [0.25, 0.3) is 0 Å². The molecule has 0 aliphatic carbocycles. The number of hydrogen-bond acceptors (Lipinski definition) is 2. The van der Waals surface area contributed by atoms with Gasteiger partial charge >= 0.3 is 5.97 Å². The minimum atomic E-state index is -1.23. The average Bonchev–Trinajstić information content (AvgIpc) is 2.82. The Morgan fingerprint density at radius 2 is 1.84 bits per heavy atom. The van der Waals surface area contributed by atoms with Gasteiger partial charge in [-0.1, -0.05) is 0 Å². The second kappa shape index (κ2) is 4.64. The highest BCUT2D eigenvalue weighted by Gasteiger charge is 2.18. The predicted octanol–water partition coefficient (Wildman–Crippen LogP) is 2.53. The van der Waals surface area contributed by atoms with Crippen LogP contribution in [0.3, 0.4) is 0 Å². The Kier molecular flexibility index (Phi) is 3.16. The van der Waals surface area contributed by atoms with Gasteiger partial charge in [-0.25, -0.2) is 13.6 Å². The number of benzene rings is 1. The summed E-state index contributed by atoms with van der Waals surface area (Å²) in [5.74, 6) is -3.65. The van der Waals surface area contributed by atoms with E-state index in [0.717, 1.165) is 12.1 Å². The van der Waals surface area contributed by atoms with Gasteiger partial charge < -0.3 is 10.1 Å². The molecule has 98 valence electrons. The molecule has 1 heterocycles. The van der Waals surface area contributed by atoms with Crippen molar-refractivity contribution >= 4 is 11.8 Å². The zero-order valence-electron chi connectivity index (χ0n) is 9.83. The molecular formula is C13H9F2NO3. The van der Waals surface area contributed by atoms with E-state index < -0.39 is 23.4 Å². The highest BCUT2D eigenvalue weighted by atomic mass is 19.1. The second-order valence-electron chi connectivity index (χ2n) is 4.02. The topological polar surface area (TPSA) is 70.2 Å². The fourth-order valence-electron chi connectivity index (χ4n) is 1.64. The second-order valence-corrected chi connectivity index (χ2v) is 4.02. The molecule has 0 saturated heterocycles. The number of aromatic amines is 1. The molecule has 0 aliphatic rings. The zero-order chi connectivity index (χ0) is 14.2. The van der Waals surface area contributed by atoms with Crippen molar-refractivity contribution in [2.75, 3.05) is 0 Å². The van der Waals surface area contributed by atoms with Crippen molar-refractivity contribution in [3.05, 3.63) is 58.4 Å². The van der Waals surface area contributed by atoms with Crippen molar-refractivity contribution in [2.45, 2.75) is 6.92 Å². The highest BCUT2D eigenvalue weighted by Crippen LogP contribution is 2.18. The first-order valence-electron chi connectivity index (χ1n) is 5.32. The molecule has 1 aromatic heterocycles. The van der Waals surface area contributed by atoms with Gasteiger partial charge in [0.2, 0.25) is 0 Å². The maximum absolute atomic E-state index is 13.5. The molecule has 0 aliphatic heterocycles. The van der Waals surface area contributed by atoms with Crippen molar-refractivity contribution < 1.29 is 23.5 Å². The molecule has 0 radical (unpaired) electrons. The molecule has 0 saturated carbocycles. The molecule has 4 nitrogen and oxygen atoms in total. The van der Waals surface area contributed by atoms with Crippen LogP contribution in [-0.2, 0) is 0 Å². The Balaban J connectivity index is 2.43. The first kappa shape index (κ1) is 12.9. The van der Waals surface area contributed by atoms with Crippen LogP contribution in [0.2, 0.25) is 0 Å². The molecule has 0 amide bonds. The van der Waals surface area contributed by atoms with E-state index in [-0.39, 0.29) is 22.4 Å². The maximum Gasteiger partial charge on any atom is 0.352 e. The number of carboxylic acid groups (broad SMARTS) is 1. The molecular weight excluding hydrogens is 256 g/mol. The van der Waals surface area contributed by atoms with Crippen LogP contribution < -0.4 is 0 Å². The fraction of sp³-hybridized carbons (Fsp3) is 0.0769. The van der Waals surface area contributed by atoms with Gasteiger partial charge in [0, 0.05) is 17.8 Å². The van der Waals surface area contributed by atoms with Crippen molar-refractivity contribution in [3.8, 4) is 0 Å². The van der Waals surface area contributed by atoms with E-state index in [4.69, 9.17) is 5.11 Å². The molecule has 2 aromatic rings. The molecule has 2 N–H and O–H groups in total. The smallest absolute Gasteiger partial charge is 0.352 e. The van der Waals surface area contributed by atoms with E-state index >= 15 is 0 Å². The van der Waals surface area contributed by atoms with E-state index in [1.807, 2.05) is 0 Å². The quantitative estimate of drug-likeness (QED) is 0.838. The van der Waals surface area contributed by atoms with Gasteiger partial charge in [0.25, 0.3) is 0 Å². The lowest BCUT2D eigenvalue weighted by molar-refractivity contribution is 0.0691. The predicted molar refractivity (Wildman–Crippen MR) is 62.3 cm³/mol. The summed E-state index contributed by atoms with van der Waals surface area (Å²) in [6, 6.07) is 2.83. The van der Waals surface area contributed by atoms with E-state index in [1.54, 1.807) is 0 Å². The Labute approximate surface area is 106 Å². The maximum atomic E-state index is 13.5. The van der Waals surface area contributed by atoms with E-state index in [2.05, 4.69) is 4.98 Å². The van der Waals surface area contributed by atoms with Gasteiger partial charge in [-0.05, 0) is 24.6 Å². The number of carboxylic acids is 1. The van der Waals surface area contributed by atoms with Crippen molar-refractivity contribution in [3.63, 3.8) is 0 Å². The lowest BCUT2D eigenvalue weighted by atomic mass is 10.0. The van der Waals surface area contributed by atoms with Crippen LogP contribution in [0.15, 0.2) is 24.4 Å². The van der Waals surface area contributed by atoms with Gasteiger partial charge in [0.1, 0.15) is 17.3 Å². The normalized spacial score (nSPS) is 10.5. The molecule has 1 aromatic carbocycles. The number of aromatic nitrogens is 1. The summed E-state index contributed by atoms with van der Waals surface area (Å²) in [7, 11) is 0. The van der Waals surface area contributed by atoms with Gasteiger partial charge in [-0.2, -0.15) is 0 Å². The van der Waals surface area contributed by atoms with E-state index in [1.165, 1.54) is 13.1 Å². The lowest BCUT2D eigenvalue weighted by Gasteiger charge is -2.03. The van der Waals surface area contributed by atoms with Crippen molar-refractivity contribution in [1.82, 2.24) is 4.98 Å². The summed E-state index contributed by atoms with van der Waals surface area (Å²) in [5, 5.41) is 8.72. The summed E-state index contributed by atoms with van der Waals surface area (Å²) in [6.45, 7) is 1.41. The lowest BCUT2D eigenvalue weighted by Crippen LogP contribution is -2.05. The summed E-state index contributed by atoms with van der Waals surface area (Å²) in [4.78, 5) is 25.0. The number of carbonyl (C=O) groups excluding carboxylic acids is 1. The number of halogens is 2. The Hall–Kier alpha value is -2.50. The molecule has 6 heteroatoms. The van der Waals surface area contributed by atoms with E-state index in [9.17, 15) is 18.4 Å². The van der Waals surface area contributed by atoms with Crippen LogP contribution >= 0.6 is 0 Å². The van der Waals surface area contributed by atoms with Crippen LogP contribution in [0.1, 0.15) is 32.0 Å². The molecule has 0 bridgehead atoms. The zero-order valence-corrected chi connectivity index (χ0v) is 9.83. The van der Waals surface area contributed by atoms with Crippen molar-refractivity contribution in [2.24, 2.45) is 0 Å². The molecule has 0 fully saturated rings. The van der Waals surface area contributed by atoms with Crippen LogP contribution in [0.5, 0.6) is 0 Å². The summed E-state index contributed by atoms with van der Waals surface area (Å²) >= 11 is 0. The third-order valence-electron chi connectivity index (χ3n) is 2.67. The largest absolute Gasteiger partial charge is 0.477 e. The van der Waals surface area contributed by atoms with Gasteiger partial charge in [-0.15, -0.1) is 0 Å². The minimum absolute atomic E-state index is 0.00214. The van der Waals surface area contributed by atoms with E-state index in [0.29, 0.717) is 6.07 Å². The van der Waals surface area contributed by atoms with Crippen LogP contribution in [-0.4, -0.2) is 21.8 Å². The van der Waals surface area contributed by atoms with Crippen LogP contribution in [0.4, 0.5) is 8.78 Å². The summed E-state index contributed by atoms with van der Waals surface area (Å²) in [6.07, 6.45) is 1.17. The SMILES string of the molecule is Cc1cc(C(=O)c2c[nH]c(C(=O)O)c2)c(F)cc1F. The van der Waals surface area contributed by atoms with Crippen LogP contribution in [0, 0.1) is 18.6 Å². The number of aryl methyl sites for hydroxylation is 1. The monoisotopic (exact) mass is 265 g/mol. The molecule has 0 spiro atoms. The van der Waals surface area contributed by atoms with Crippen molar-refractivity contribution in [1.29, 1.82) is 0 Å². The fourth-order valence-corrected chi connectivity index (χ4v) is 1.64. The number of carbonyl (C=O) groups is 2. The molecule has 0 atom stereocenters. The molecule has 0 unspecified atom stereocenters. The summed E-state index contributed by atoms with van der Waals surface area (Å²) in [5.41, 5.74) is -0.335. The summed E-state index contributed by atoms with van der Waals surface area (Å²) < 4.78 is 26.6. The minimum Gasteiger partial charge on any atom is -0.477 e. The Bertz CT molecular complexity index is 677. The number of rotatable bonds is 3. The first-order valence-corrected chi connectivity index (χ1v) is 5.32. The van der Waals surface area contributed by atoms with Gasteiger partial charge in [0.15, 0.2) is 5.78 Å². The first-order chi connectivity index (χ1) is 8.90. The van der Waals surface area contributed by atoms with Gasteiger partial charge in [-0.3, -0.25) is 4.79 Å². The number of H-pyrrole nitrogens is 1.